The zero-order valence-electron chi connectivity index (χ0n) is 6.44. The lowest BCUT2D eigenvalue weighted by Crippen LogP contribution is -2.05. The molecule has 0 heterocycles. The Morgan fingerprint density at radius 3 is 2.46 bits per heavy atom. The van der Waals surface area contributed by atoms with Gasteiger partial charge in [-0.3, -0.25) is 0 Å². The van der Waals surface area contributed by atoms with E-state index < -0.39 is 4.84 Å². The van der Waals surface area contributed by atoms with Crippen LogP contribution in [0.5, 0.6) is 5.75 Å². The molecule has 72 valence electrons. The van der Waals surface area contributed by atoms with Crippen molar-refractivity contribution >= 4 is 46.4 Å². The Kier molecular flexibility index (Phi) is 4.47. The first-order valence-electron chi connectivity index (χ1n) is 3.45. The maximum atomic E-state index is 5.82. The van der Waals surface area contributed by atoms with E-state index in [4.69, 9.17) is 51.1 Å². The molecule has 0 radical (unpaired) electrons. The predicted molar refractivity (Wildman–Crippen MR) is 57.5 cm³/mol. The first kappa shape index (κ1) is 11.3. The fourth-order valence-electron chi connectivity index (χ4n) is 0.745. The molecule has 1 rings (SSSR count). The minimum atomic E-state index is -0.563. The minimum absolute atomic E-state index is 0.199. The molecule has 0 saturated carbocycles. The van der Waals surface area contributed by atoms with Crippen molar-refractivity contribution < 1.29 is 4.74 Å². The van der Waals surface area contributed by atoms with Gasteiger partial charge in [0.2, 0.25) is 0 Å². The highest BCUT2D eigenvalue weighted by atomic mass is 35.5. The van der Waals surface area contributed by atoms with Gasteiger partial charge in [0.1, 0.15) is 17.2 Å². The van der Waals surface area contributed by atoms with Gasteiger partial charge in [-0.15, -0.1) is 23.2 Å². The Morgan fingerprint density at radius 2 is 1.92 bits per heavy atom. The van der Waals surface area contributed by atoms with Crippen LogP contribution < -0.4 is 4.74 Å². The second-order valence-corrected chi connectivity index (χ2v) is 4.40. The third-order valence-corrected chi connectivity index (χ3v) is 2.04. The zero-order valence-corrected chi connectivity index (χ0v) is 9.46. The zero-order chi connectivity index (χ0) is 9.84. The van der Waals surface area contributed by atoms with Crippen molar-refractivity contribution in [3.63, 3.8) is 0 Å². The second-order valence-electron chi connectivity index (χ2n) is 2.28. The van der Waals surface area contributed by atoms with Gasteiger partial charge in [-0.05, 0) is 18.2 Å². The molecule has 0 bridgehead atoms. The molecule has 0 fully saturated rings. The largest absolute Gasteiger partial charge is 0.489 e. The van der Waals surface area contributed by atoms with Crippen LogP contribution in [-0.4, -0.2) is 11.4 Å². The lowest BCUT2D eigenvalue weighted by Gasteiger charge is -2.07. The van der Waals surface area contributed by atoms with Gasteiger partial charge in [-0.1, -0.05) is 23.2 Å². The van der Waals surface area contributed by atoms with Crippen molar-refractivity contribution in [3.8, 4) is 5.75 Å². The summed E-state index contributed by atoms with van der Waals surface area (Å²) in [6.45, 7) is 0.199. The van der Waals surface area contributed by atoms with Crippen LogP contribution in [0.2, 0.25) is 10.0 Å². The molecule has 0 aromatic heterocycles. The molecule has 1 aromatic rings. The molecule has 0 N–H and O–H groups in total. The number of rotatable bonds is 3. The van der Waals surface area contributed by atoms with E-state index in [0.717, 1.165) is 0 Å². The first-order chi connectivity index (χ1) is 6.09. The van der Waals surface area contributed by atoms with Crippen LogP contribution in [-0.2, 0) is 0 Å². The Morgan fingerprint density at radius 1 is 1.23 bits per heavy atom. The van der Waals surface area contributed by atoms with Crippen molar-refractivity contribution in [1.29, 1.82) is 0 Å². The smallest absolute Gasteiger partial charge is 0.141 e. The Labute approximate surface area is 96.5 Å². The van der Waals surface area contributed by atoms with Gasteiger partial charge in [0.25, 0.3) is 0 Å². The second kappa shape index (κ2) is 5.16. The molecular formula is C8H6Cl4O. The highest BCUT2D eigenvalue weighted by Crippen LogP contribution is 2.27. The molecule has 0 aliphatic carbocycles. The highest BCUT2D eigenvalue weighted by molar-refractivity contribution is 6.44. The summed E-state index contributed by atoms with van der Waals surface area (Å²) in [7, 11) is 0. The van der Waals surface area contributed by atoms with Crippen LogP contribution >= 0.6 is 46.4 Å². The van der Waals surface area contributed by atoms with Gasteiger partial charge < -0.3 is 4.74 Å². The van der Waals surface area contributed by atoms with E-state index in [0.29, 0.717) is 15.8 Å². The predicted octanol–water partition coefficient (Wildman–Crippen LogP) is 4.18. The lowest BCUT2D eigenvalue weighted by molar-refractivity contribution is 0.335. The molecule has 0 atom stereocenters. The monoisotopic (exact) mass is 258 g/mol. The van der Waals surface area contributed by atoms with Crippen molar-refractivity contribution in [2.24, 2.45) is 0 Å². The molecule has 0 aliphatic rings. The Balaban J connectivity index is 2.67. The average molecular weight is 260 g/mol. The molecule has 0 spiro atoms. The Bertz CT molecular complexity index is 287. The van der Waals surface area contributed by atoms with E-state index in [2.05, 4.69) is 0 Å². The molecule has 0 amide bonds. The fraction of sp³-hybridized carbons (Fsp3) is 0.250. The van der Waals surface area contributed by atoms with Gasteiger partial charge in [-0.2, -0.15) is 0 Å². The van der Waals surface area contributed by atoms with Crippen LogP contribution in [0.15, 0.2) is 18.2 Å². The summed E-state index contributed by atoms with van der Waals surface area (Å²) >= 11 is 22.5. The van der Waals surface area contributed by atoms with E-state index in [1.54, 1.807) is 18.2 Å². The standard InChI is InChI=1S/C8H6Cl4O/c9-5-1-2-7(6(10)3-5)13-4-8(11)12/h1-3,8H,4H2. The van der Waals surface area contributed by atoms with Crippen molar-refractivity contribution in [1.82, 2.24) is 0 Å². The molecule has 13 heavy (non-hydrogen) atoms. The first-order valence-corrected chi connectivity index (χ1v) is 5.08. The molecule has 5 heteroatoms. The van der Waals surface area contributed by atoms with Crippen LogP contribution in [0, 0.1) is 0 Å². The van der Waals surface area contributed by atoms with Crippen LogP contribution in [0.1, 0.15) is 0 Å². The summed E-state index contributed by atoms with van der Waals surface area (Å²) < 4.78 is 5.20. The van der Waals surface area contributed by atoms with Crippen molar-refractivity contribution in [2.45, 2.75) is 4.84 Å². The number of alkyl halides is 2. The number of hydrogen-bond acceptors (Lipinski definition) is 1. The van der Waals surface area contributed by atoms with Crippen molar-refractivity contribution in [3.05, 3.63) is 28.2 Å². The fourth-order valence-corrected chi connectivity index (χ4v) is 1.33. The lowest BCUT2D eigenvalue weighted by atomic mass is 10.3. The number of ether oxygens (including phenoxy) is 1. The topological polar surface area (TPSA) is 9.23 Å². The molecule has 0 aliphatic heterocycles. The molecule has 1 nitrogen and oxygen atoms in total. The van der Waals surface area contributed by atoms with Gasteiger partial charge in [-0.25, -0.2) is 0 Å². The SMILES string of the molecule is Clc1ccc(OCC(Cl)Cl)c(Cl)c1. The normalized spacial score (nSPS) is 10.5. The van der Waals surface area contributed by atoms with Crippen LogP contribution in [0.25, 0.3) is 0 Å². The molecule has 0 saturated heterocycles. The van der Waals surface area contributed by atoms with E-state index in [-0.39, 0.29) is 6.61 Å². The third kappa shape index (κ3) is 3.82. The van der Waals surface area contributed by atoms with Gasteiger partial charge in [0.15, 0.2) is 0 Å². The summed E-state index contributed by atoms with van der Waals surface area (Å²) in [5.74, 6) is 0.525. The van der Waals surface area contributed by atoms with Gasteiger partial charge >= 0.3 is 0 Å². The van der Waals surface area contributed by atoms with Crippen LogP contribution in [0.4, 0.5) is 0 Å². The number of halogens is 4. The number of hydrogen-bond donors (Lipinski definition) is 0. The summed E-state index contributed by atoms with van der Waals surface area (Å²) in [6.07, 6.45) is 0. The molecule has 1 aromatic carbocycles. The maximum absolute atomic E-state index is 5.82. The van der Waals surface area contributed by atoms with Gasteiger partial charge in [0.05, 0.1) is 5.02 Å². The third-order valence-electron chi connectivity index (χ3n) is 1.26. The minimum Gasteiger partial charge on any atom is -0.489 e. The van der Waals surface area contributed by atoms with Crippen molar-refractivity contribution in [2.75, 3.05) is 6.61 Å². The summed E-state index contributed by atoms with van der Waals surface area (Å²) in [5.41, 5.74) is 0. The summed E-state index contributed by atoms with van der Waals surface area (Å²) in [6, 6.07) is 4.94. The molecular weight excluding hydrogens is 254 g/mol. The van der Waals surface area contributed by atoms with E-state index in [1.807, 2.05) is 0 Å². The average Bonchev–Trinajstić information content (AvgIpc) is 2.02. The summed E-state index contributed by atoms with van der Waals surface area (Å²) in [4.78, 5) is -0.563. The Hall–Kier alpha value is 0.180. The quantitative estimate of drug-likeness (QED) is 0.741. The summed E-state index contributed by atoms with van der Waals surface area (Å²) in [5, 5.41) is 1.01. The van der Waals surface area contributed by atoms with E-state index >= 15 is 0 Å². The van der Waals surface area contributed by atoms with E-state index in [9.17, 15) is 0 Å². The maximum Gasteiger partial charge on any atom is 0.141 e. The van der Waals surface area contributed by atoms with E-state index in [1.165, 1.54) is 0 Å². The molecule has 0 unspecified atom stereocenters. The highest BCUT2D eigenvalue weighted by Gasteiger charge is 2.04. The van der Waals surface area contributed by atoms with Crippen LogP contribution in [0.3, 0.4) is 0 Å². The van der Waals surface area contributed by atoms with Gasteiger partial charge in [0, 0.05) is 5.02 Å². The number of benzene rings is 1.